The summed E-state index contributed by atoms with van der Waals surface area (Å²) in [6.45, 7) is 2.13. The molecule has 4 rings (SSSR count). The zero-order valence-electron chi connectivity index (χ0n) is 16.5. The number of nitrogens with zero attached hydrogens (tertiary/aromatic N) is 1. The summed E-state index contributed by atoms with van der Waals surface area (Å²) in [5.74, 6) is 0.210. The number of imide groups is 1. The van der Waals surface area contributed by atoms with Crippen molar-refractivity contribution in [2.45, 2.75) is 26.2 Å². The number of ether oxygens (including phenoxy) is 2. The Balaban J connectivity index is 1.48. The third-order valence-corrected chi connectivity index (χ3v) is 5.80. The minimum atomic E-state index is -0.509. The Morgan fingerprint density at radius 2 is 1.69 bits per heavy atom. The van der Waals surface area contributed by atoms with Crippen molar-refractivity contribution in [3.63, 3.8) is 0 Å². The highest BCUT2D eigenvalue weighted by Crippen LogP contribution is 2.42. The second-order valence-electron chi connectivity index (χ2n) is 7.76. The molecule has 150 valence electrons. The normalized spacial score (nSPS) is 23.7. The van der Waals surface area contributed by atoms with Gasteiger partial charge < -0.3 is 9.47 Å². The van der Waals surface area contributed by atoms with Crippen LogP contribution in [0.25, 0.3) is 0 Å². The van der Waals surface area contributed by atoms with Crippen LogP contribution in [-0.2, 0) is 9.59 Å². The molecule has 2 aromatic rings. The quantitative estimate of drug-likeness (QED) is 0.448. The van der Waals surface area contributed by atoms with Crippen LogP contribution in [0.1, 0.15) is 36.5 Å². The number of hydrogen-bond donors (Lipinski definition) is 0. The molecule has 1 heterocycles. The topological polar surface area (TPSA) is 72.9 Å². The maximum atomic E-state index is 12.8. The average molecular weight is 393 g/mol. The summed E-state index contributed by atoms with van der Waals surface area (Å²) in [7, 11) is 1.53. The van der Waals surface area contributed by atoms with Gasteiger partial charge in [-0.3, -0.25) is 14.5 Å². The van der Waals surface area contributed by atoms with Gasteiger partial charge in [0.05, 0.1) is 30.2 Å². The summed E-state index contributed by atoms with van der Waals surface area (Å²) < 4.78 is 10.5. The summed E-state index contributed by atoms with van der Waals surface area (Å²) >= 11 is 0. The van der Waals surface area contributed by atoms with E-state index in [1.165, 1.54) is 12.0 Å². The Labute approximate surface area is 169 Å². The Kier molecular flexibility index (Phi) is 5.09. The van der Waals surface area contributed by atoms with Crippen LogP contribution in [0.15, 0.2) is 48.5 Å². The third kappa shape index (κ3) is 3.62. The lowest BCUT2D eigenvalue weighted by molar-refractivity contribution is -0.122. The van der Waals surface area contributed by atoms with Crippen LogP contribution in [0.5, 0.6) is 11.5 Å². The highest BCUT2D eigenvalue weighted by Gasteiger charge is 2.49. The summed E-state index contributed by atoms with van der Waals surface area (Å²) in [4.78, 5) is 39.2. The molecule has 0 bridgehead atoms. The van der Waals surface area contributed by atoms with Crippen molar-refractivity contribution in [2.75, 3.05) is 12.0 Å². The van der Waals surface area contributed by atoms with Crippen LogP contribution >= 0.6 is 0 Å². The molecule has 6 nitrogen and oxygen atoms in total. The van der Waals surface area contributed by atoms with Crippen molar-refractivity contribution in [2.24, 2.45) is 17.8 Å². The van der Waals surface area contributed by atoms with Crippen LogP contribution in [0.4, 0.5) is 5.69 Å². The van der Waals surface area contributed by atoms with E-state index in [1.807, 2.05) is 0 Å². The van der Waals surface area contributed by atoms with Gasteiger partial charge in [0.2, 0.25) is 11.8 Å². The first-order valence-corrected chi connectivity index (χ1v) is 9.82. The number of anilines is 1. The largest absolute Gasteiger partial charge is 0.497 e. The number of benzene rings is 2. The lowest BCUT2D eigenvalue weighted by atomic mass is 9.76. The molecule has 0 aromatic heterocycles. The zero-order valence-corrected chi connectivity index (χ0v) is 16.5. The molecule has 29 heavy (non-hydrogen) atoms. The maximum absolute atomic E-state index is 12.8. The van der Waals surface area contributed by atoms with Crippen LogP contribution in [-0.4, -0.2) is 24.9 Å². The Bertz CT molecular complexity index is 952. The van der Waals surface area contributed by atoms with Gasteiger partial charge in [-0.15, -0.1) is 0 Å². The molecule has 2 aliphatic rings. The molecule has 6 heteroatoms. The number of methoxy groups -OCH3 is 1. The number of amides is 2. The summed E-state index contributed by atoms with van der Waals surface area (Å²) in [5.41, 5.74) is 0.889. The summed E-state index contributed by atoms with van der Waals surface area (Å²) in [5, 5.41) is 0. The molecular weight excluding hydrogens is 370 g/mol. The molecule has 0 radical (unpaired) electrons. The Morgan fingerprint density at radius 3 is 2.41 bits per heavy atom. The van der Waals surface area contributed by atoms with E-state index in [-0.39, 0.29) is 23.7 Å². The number of hydrogen-bond acceptors (Lipinski definition) is 5. The number of carbonyl (C=O) groups is 3. The fourth-order valence-electron chi connectivity index (χ4n) is 4.22. The van der Waals surface area contributed by atoms with Crippen molar-refractivity contribution in [3.05, 3.63) is 54.1 Å². The van der Waals surface area contributed by atoms with E-state index in [2.05, 4.69) is 6.92 Å². The maximum Gasteiger partial charge on any atom is 0.343 e. The zero-order chi connectivity index (χ0) is 20.5. The van der Waals surface area contributed by atoms with Gasteiger partial charge in [0.1, 0.15) is 11.5 Å². The minimum Gasteiger partial charge on any atom is -0.497 e. The van der Waals surface area contributed by atoms with Gasteiger partial charge in [-0.25, -0.2) is 4.79 Å². The van der Waals surface area contributed by atoms with E-state index in [4.69, 9.17) is 9.47 Å². The van der Waals surface area contributed by atoms with Crippen molar-refractivity contribution in [1.29, 1.82) is 0 Å². The van der Waals surface area contributed by atoms with Crippen molar-refractivity contribution < 1.29 is 23.9 Å². The lowest BCUT2D eigenvalue weighted by Crippen LogP contribution is -2.30. The molecule has 1 saturated heterocycles. The van der Waals surface area contributed by atoms with Gasteiger partial charge in [0, 0.05) is 0 Å². The number of carbonyl (C=O) groups excluding carboxylic acids is 3. The Hall–Kier alpha value is -3.15. The first-order chi connectivity index (χ1) is 14.0. The number of esters is 1. The molecule has 1 aliphatic carbocycles. The van der Waals surface area contributed by atoms with Gasteiger partial charge in [0.25, 0.3) is 0 Å². The second-order valence-corrected chi connectivity index (χ2v) is 7.76. The Morgan fingerprint density at radius 1 is 0.966 bits per heavy atom. The molecule has 2 fully saturated rings. The molecule has 3 atom stereocenters. The van der Waals surface area contributed by atoms with E-state index >= 15 is 0 Å². The summed E-state index contributed by atoms with van der Waals surface area (Å²) in [6, 6.07) is 13.2. The van der Waals surface area contributed by atoms with Gasteiger partial charge in [0.15, 0.2) is 0 Å². The molecule has 0 unspecified atom stereocenters. The highest BCUT2D eigenvalue weighted by molar-refractivity contribution is 6.22. The fourth-order valence-corrected chi connectivity index (χ4v) is 4.22. The van der Waals surface area contributed by atoms with E-state index in [0.717, 1.165) is 19.3 Å². The monoisotopic (exact) mass is 393 g/mol. The van der Waals surface area contributed by atoms with Gasteiger partial charge in [-0.1, -0.05) is 13.0 Å². The van der Waals surface area contributed by atoms with Crippen LogP contribution in [0.3, 0.4) is 0 Å². The van der Waals surface area contributed by atoms with Gasteiger partial charge >= 0.3 is 5.97 Å². The molecular formula is C23H23NO5. The van der Waals surface area contributed by atoms with Crippen LogP contribution in [0, 0.1) is 17.8 Å². The van der Waals surface area contributed by atoms with E-state index in [0.29, 0.717) is 28.7 Å². The van der Waals surface area contributed by atoms with E-state index in [1.54, 1.807) is 48.5 Å². The third-order valence-electron chi connectivity index (χ3n) is 5.80. The summed E-state index contributed by atoms with van der Waals surface area (Å²) in [6.07, 6.45) is 2.51. The fraction of sp³-hybridized carbons (Fsp3) is 0.348. The molecule has 2 aromatic carbocycles. The average Bonchev–Trinajstić information content (AvgIpc) is 2.98. The van der Waals surface area contributed by atoms with Gasteiger partial charge in [-0.05, 0) is 67.6 Å². The molecule has 1 aliphatic heterocycles. The first-order valence-electron chi connectivity index (χ1n) is 9.82. The SMILES string of the molecule is COc1cccc(C(=O)Oc2ccc(N3C(=O)[C@@H]4CC[C@H](C)C[C@H]4C3=O)cc2)c1. The van der Waals surface area contributed by atoms with Crippen LogP contribution < -0.4 is 14.4 Å². The van der Waals surface area contributed by atoms with E-state index < -0.39 is 5.97 Å². The van der Waals surface area contributed by atoms with E-state index in [9.17, 15) is 14.4 Å². The highest BCUT2D eigenvalue weighted by atomic mass is 16.5. The first kappa shape index (κ1) is 19.2. The van der Waals surface area contributed by atoms with Crippen LogP contribution in [0.2, 0.25) is 0 Å². The standard InChI is InChI=1S/C23H23NO5/c1-14-6-11-19-20(12-14)22(26)24(21(19)25)16-7-9-17(10-8-16)29-23(27)15-4-3-5-18(13-15)28-2/h3-5,7-10,13-14,19-20H,6,11-12H2,1-2H3/t14-,19+,20+/m0/s1. The minimum absolute atomic E-state index is 0.118. The van der Waals surface area contributed by atoms with Crippen molar-refractivity contribution in [1.82, 2.24) is 0 Å². The smallest absolute Gasteiger partial charge is 0.343 e. The van der Waals surface area contributed by atoms with Gasteiger partial charge in [-0.2, -0.15) is 0 Å². The van der Waals surface area contributed by atoms with Crippen molar-refractivity contribution in [3.8, 4) is 11.5 Å². The lowest BCUT2D eigenvalue weighted by Gasteiger charge is -2.25. The molecule has 2 amide bonds. The molecule has 0 N–H and O–H groups in total. The molecule has 0 spiro atoms. The number of rotatable bonds is 4. The predicted molar refractivity (Wildman–Crippen MR) is 107 cm³/mol. The predicted octanol–water partition coefficient (Wildman–Crippen LogP) is 3.84. The van der Waals surface area contributed by atoms with Crippen molar-refractivity contribution >= 4 is 23.5 Å². The molecule has 1 saturated carbocycles. The second kappa shape index (κ2) is 7.70. The number of fused-ring (bicyclic) bond motifs is 1.